The number of hydrogen-bond acceptors (Lipinski definition) is 1. The van der Waals surface area contributed by atoms with Gasteiger partial charge in [-0.3, -0.25) is 4.79 Å². The minimum atomic E-state index is -0.0742. The topological polar surface area (TPSA) is 20.9 Å². The summed E-state index contributed by atoms with van der Waals surface area (Å²) in [7, 11) is 0. The van der Waals surface area contributed by atoms with Crippen molar-refractivity contribution in [1.82, 2.24) is 0 Å². The molecule has 0 saturated heterocycles. The van der Waals surface area contributed by atoms with Gasteiger partial charge in [-0.2, -0.15) is 4.57 Å². The van der Waals surface area contributed by atoms with Crippen molar-refractivity contribution in [3.05, 3.63) is 77.6 Å². The number of aryl methyl sites for hydroxylation is 2. The van der Waals surface area contributed by atoms with E-state index in [1.165, 1.54) is 16.3 Å². The molecule has 4 rings (SSSR count). The number of pyridine rings is 1. The molecule has 3 aromatic rings. The van der Waals surface area contributed by atoms with Gasteiger partial charge in [-0.15, -0.1) is 0 Å². The minimum absolute atomic E-state index is 0.0742. The number of fused-ring (bicyclic) bond motifs is 3. The van der Waals surface area contributed by atoms with Crippen molar-refractivity contribution in [2.45, 2.75) is 25.8 Å². The van der Waals surface area contributed by atoms with Gasteiger partial charge in [0.2, 0.25) is 11.8 Å². The fourth-order valence-electron chi connectivity index (χ4n) is 3.58. The molecule has 2 aromatic carbocycles. The SMILES string of the molecule is Cc1cccc[n+]1[C@@H]1CCc2c(ccc3ccccc23)C1=O. The molecule has 0 spiro atoms. The number of Topliss-reactive ketones (excluding diaryl/α,β-unsaturated/α-hetero) is 1. The number of hydrogen-bond donors (Lipinski definition) is 0. The number of ketones is 1. The minimum Gasteiger partial charge on any atom is -0.287 e. The zero-order valence-electron chi connectivity index (χ0n) is 12.6. The molecule has 0 fully saturated rings. The lowest BCUT2D eigenvalue weighted by molar-refractivity contribution is -0.714. The maximum Gasteiger partial charge on any atom is 0.230 e. The zero-order valence-corrected chi connectivity index (χ0v) is 12.6. The molecule has 0 radical (unpaired) electrons. The van der Waals surface area contributed by atoms with Crippen LogP contribution in [0.2, 0.25) is 0 Å². The molecule has 2 nitrogen and oxygen atoms in total. The Morgan fingerprint density at radius 2 is 1.82 bits per heavy atom. The first-order valence-electron chi connectivity index (χ1n) is 7.77. The Morgan fingerprint density at radius 3 is 2.68 bits per heavy atom. The van der Waals surface area contributed by atoms with E-state index in [-0.39, 0.29) is 11.8 Å². The molecule has 0 bridgehead atoms. The maximum atomic E-state index is 13.0. The number of carbonyl (C=O) groups excluding carboxylic acids is 1. The molecular weight excluding hydrogens is 270 g/mol. The summed E-state index contributed by atoms with van der Waals surface area (Å²) in [5, 5.41) is 2.44. The third-order valence-electron chi connectivity index (χ3n) is 4.71. The first-order chi connectivity index (χ1) is 10.8. The zero-order chi connectivity index (χ0) is 15.1. The van der Waals surface area contributed by atoms with Gasteiger partial charge in [-0.05, 0) is 22.8 Å². The van der Waals surface area contributed by atoms with Gasteiger partial charge in [-0.25, -0.2) is 0 Å². The van der Waals surface area contributed by atoms with Crippen LogP contribution in [0.25, 0.3) is 10.8 Å². The van der Waals surface area contributed by atoms with Crippen molar-refractivity contribution in [2.24, 2.45) is 0 Å². The van der Waals surface area contributed by atoms with Crippen LogP contribution in [0.4, 0.5) is 0 Å². The van der Waals surface area contributed by atoms with Crippen LogP contribution in [0, 0.1) is 6.92 Å². The Bertz CT molecular complexity index is 882. The highest BCUT2D eigenvalue weighted by molar-refractivity contribution is 6.05. The Balaban J connectivity index is 1.84. The molecule has 0 unspecified atom stereocenters. The fourth-order valence-corrected chi connectivity index (χ4v) is 3.58. The molecule has 1 aliphatic carbocycles. The quantitative estimate of drug-likeness (QED) is 0.624. The monoisotopic (exact) mass is 288 g/mol. The van der Waals surface area contributed by atoms with Gasteiger partial charge in [0.25, 0.3) is 0 Å². The Labute approximate surface area is 130 Å². The lowest BCUT2D eigenvalue weighted by Crippen LogP contribution is -2.47. The number of rotatable bonds is 1. The highest BCUT2D eigenvalue weighted by Gasteiger charge is 2.35. The van der Waals surface area contributed by atoms with Gasteiger partial charge in [0.05, 0.1) is 0 Å². The largest absolute Gasteiger partial charge is 0.287 e. The van der Waals surface area contributed by atoms with Crippen LogP contribution in [0.15, 0.2) is 60.8 Å². The second-order valence-electron chi connectivity index (χ2n) is 5.98. The maximum absolute atomic E-state index is 13.0. The van der Waals surface area contributed by atoms with Gasteiger partial charge in [0, 0.05) is 31.0 Å². The van der Waals surface area contributed by atoms with Gasteiger partial charge in [0.15, 0.2) is 11.9 Å². The van der Waals surface area contributed by atoms with Crippen LogP contribution < -0.4 is 4.57 Å². The number of nitrogens with zero attached hydrogens (tertiary/aromatic N) is 1. The Hall–Kier alpha value is -2.48. The second-order valence-corrected chi connectivity index (χ2v) is 5.98. The lowest BCUT2D eigenvalue weighted by Gasteiger charge is -2.22. The lowest BCUT2D eigenvalue weighted by atomic mass is 9.84. The Morgan fingerprint density at radius 1 is 1.00 bits per heavy atom. The summed E-state index contributed by atoms with van der Waals surface area (Å²) < 4.78 is 2.11. The molecule has 108 valence electrons. The van der Waals surface area contributed by atoms with E-state index in [2.05, 4.69) is 41.8 Å². The molecule has 0 amide bonds. The predicted molar refractivity (Wildman–Crippen MR) is 87.0 cm³/mol. The molecule has 1 aromatic heterocycles. The van der Waals surface area contributed by atoms with Crippen molar-refractivity contribution in [3.8, 4) is 0 Å². The molecule has 1 heterocycles. The van der Waals surface area contributed by atoms with Crippen LogP contribution in [-0.4, -0.2) is 5.78 Å². The second kappa shape index (κ2) is 5.06. The number of benzene rings is 2. The average molecular weight is 288 g/mol. The summed E-state index contributed by atoms with van der Waals surface area (Å²) in [4.78, 5) is 13.0. The molecule has 22 heavy (non-hydrogen) atoms. The van der Waals surface area contributed by atoms with E-state index in [0.717, 1.165) is 24.1 Å². The first kappa shape index (κ1) is 13.2. The Kier molecular flexibility index (Phi) is 3.04. The first-order valence-corrected chi connectivity index (χ1v) is 7.77. The summed E-state index contributed by atoms with van der Waals surface area (Å²) in [6.45, 7) is 2.06. The van der Waals surface area contributed by atoms with E-state index in [0.29, 0.717) is 0 Å². The molecule has 0 N–H and O–H groups in total. The summed E-state index contributed by atoms with van der Waals surface area (Å²) in [5.74, 6) is 0.242. The van der Waals surface area contributed by atoms with Gasteiger partial charge >= 0.3 is 0 Å². The molecular formula is C20H18NO+. The van der Waals surface area contributed by atoms with Crippen LogP contribution in [0.5, 0.6) is 0 Å². The van der Waals surface area contributed by atoms with E-state index in [4.69, 9.17) is 0 Å². The van der Waals surface area contributed by atoms with Gasteiger partial charge in [0.1, 0.15) is 0 Å². The van der Waals surface area contributed by atoms with Crippen molar-refractivity contribution in [3.63, 3.8) is 0 Å². The fraction of sp³-hybridized carbons (Fsp3) is 0.200. The van der Waals surface area contributed by atoms with E-state index in [1.54, 1.807) is 0 Å². The van der Waals surface area contributed by atoms with Crippen molar-refractivity contribution < 1.29 is 9.36 Å². The van der Waals surface area contributed by atoms with Gasteiger partial charge in [-0.1, -0.05) is 42.5 Å². The van der Waals surface area contributed by atoms with Crippen LogP contribution in [-0.2, 0) is 6.42 Å². The summed E-state index contributed by atoms with van der Waals surface area (Å²) in [5.41, 5.74) is 3.24. The normalized spacial score (nSPS) is 17.5. The highest BCUT2D eigenvalue weighted by Crippen LogP contribution is 2.31. The predicted octanol–water partition coefficient (Wildman–Crippen LogP) is 3.81. The third kappa shape index (κ3) is 1.95. The van der Waals surface area contributed by atoms with Crippen molar-refractivity contribution in [1.29, 1.82) is 0 Å². The van der Waals surface area contributed by atoms with E-state index in [9.17, 15) is 4.79 Å². The van der Waals surface area contributed by atoms with Crippen molar-refractivity contribution >= 4 is 16.6 Å². The van der Waals surface area contributed by atoms with Crippen LogP contribution in [0.1, 0.15) is 34.1 Å². The molecule has 0 saturated carbocycles. The average Bonchev–Trinajstić information content (AvgIpc) is 2.56. The van der Waals surface area contributed by atoms with Crippen molar-refractivity contribution in [2.75, 3.05) is 0 Å². The highest BCUT2D eigenvalue weighted by atomic mass is 16.1. The van der Waals surface area contributed by atoms with E-state index < -0.39 is 0 Å². The smallest absolute Gasteiger partial charge is 0.230 e. The summed E-state index contributed by atoms with van der Waals surface area (Å²) in [6, 6.07) is 18.4. The number of aromatic nitrogens is 1. The summed E-state index contributed by atoms with van der Waals surface area (Å²) in [6.07, 6.45) is 3.84. The summed E-state index contributed by atoms with van der Waals surface area (Å²) >= 11 is 0. The van der Waals surface area contributed by atoms with E-state index in [1.807, 2.05) is 30.5 Å². The molecule has 1 aliphatic rings. The van der Waals surface area contributed by atoms with Gasteiger partial charge < -0.3 is 0 Å². The van der Waals surface area contributed by atoms with E-state index >= 15 is 0 Å². The molecule has 1 atom stereocenters. The molecule has 2 heteroatoms. The molecule has 0 aliphatic heterocycles. The van der Waals surface area contributed by atoms with Crippen LogP contribution >= 0.6 is 0 Å². The van der Waals surface area contributed by atoms with Crippen LogP contribution in [0.3, 0.4) is 0 Å². The number of carbonyl (C=O) groups is 1. The third-order valence-corrected chi connectivity index (χ3v) is 4.71. The standard InChI is InChI=1S/C20H18NO/c1-14-6-4-5-13-21(14)19-12-11-17-16-8-3-2-7-15(16)9-10-18(17)20(19)22/h2-10,13,19H,11-12H2,1H3/q+1/t19-/m1/s1.